The van der Waals surface area contributed by atoms with E-state index >= 15 is 0 Å². The second-order valence-corrected chi connectivity index (χ2v) is 8.30. The van der Waals surface area contributed by atoms with Crippen molar-refractivity contribution in [3.8, 4) is 11.3 Å². The zero-order valence-corrected chi connectivity index (χ0v) is 18.8. The zero-order chi connectivity index (χ0) is 22.5. The smallest absolute Gasteiger partial charge is 0.338 e. The number of rotatable bonds is 7. The fourth-order valence-corrected chi connectivity index (χ4v) is 3.79. The van der Waals surface area contributed by atoms with E-state index in [1.54, 1.807) is 12.1 Å². The quantitative estimate of drug-likeness (QED) is 0.251. The van der Waals surface area contributed by atoms with Crippen LogP contribution in [0.2, 0.25) is 0 Å². The van der Waals surface area contributed by atoms with Crippen LogP contribution in [0.1, 0.15) is 44.0 Å². The van der Waals surface area contributed by atoms with Gasteiger partial charge in [-0.1, -0.05) is 47.6 Å². The zero-order valence-electron chi connectivity index (χ0n) is 18.8. The Morgan fingerprint density at radius 3 is 2.53 bits per heavy atom. The van der Waals surface area contributed by atoms with Gasteiger partial charge in [-0.05, 0) is 64.0 Å². The summed E-state index contributed by atoms with van der Waals surface area (Å²) in [6.07, 6.45) is 8.01. The molecule has 0 bridgehead atoms. The molecule has 0 saturated heterocycles. The molecule has 0 atom stereocenters. The Bertz CT molecular complexity index is 1310. The number of nitrogens with zero attached hydrogens (tertiary/aromatic N) is 1. The number of fused-ring (bicyclic) bond motifs is 3. The Morgan fingerprint density at radius 2 is 1.75 bits per heavy atom. The standard InChI is InChI=1S/C28H28N2O2/c1-19(2)7-6-8-20(3)16-18-32-28(31)22-13-11-21(12-14-22)26-27-24(15-17-29-26)23-9-4-5-10-25(23)30-27/h4-5,7,9-17,30H,6,8,18H2,1-3H3. The minimum absolute atomic E-state index is 0.289. The molecule has 162 valence electrons. The number of esters is 1. The van der Waals surface area contributed by atoms with Gasteiger partial charge in [0, 0.05) is 28.0 Å². The number of hydrogen-bond acceptors (Lipinski definition) is 3. The Labute approximate surface area is 188 Å². The van der Waals surface area contributed by atoms with Gasteiger partial charge in [-0.25, -0.2) is 4.79 Å². The number of pyridine rings is 1. The molecule has 4 rings (SSSR count). The van der Waals surface area contributed by atoms with Crippen molar-refractivity contribution in [1.82, 2.24) is 9.97 Å². The molecule has 1 N–H and O–H groups in total. The van der Waals surface area contributed by atoms with Gasteiger partial charge in [0.1, 0.15) is 6.61 Å². The van der Waals surface area contributed by atoms with Crippen molar-refractivity contribution >= 4 is 27.8 Å². The SMILES string of the molecule is CC(C)=CCCC(C)=CCOC(=O)c1ccc(-c2nccc3c2[nH]c2ccccc23)cc1. The molecule has 2 heterocycles. The Balaban J connectivity index is 1.45. The van der Waals surface area contributed by atoms with Gasteiger partial charge >= 0.3 is 5.97 Å². The lowest BCUT2D eigenvalue weighted by atomic mass is 10.1. The molecule has 0 radical (unpaired) electrons. The summed E-state index contributed by atoms with van der Waals surface area (Å²) in [7, 11) is 0. The predicted octanol–water partition coefficient (Wildman–Crippen LogP) is 7.23. The number of para-hydroxylation sites is 1. The fourth-order valence-electron chi connectivity index (χ4n) is 3.79. The van der Waals surface area contributed by atoms with E-state index in [2.05, 4.69) is 48.9 Å². The summed E-state index contributed by atoms with van der Waals surface area (Å²) in [5.41, 5.74) is 6.99. The molecular formula is C28H28N2O2. The number of hydrogen-bond donors (Lipinski definition) is 1. The van der Waals surface area contributed by atoms with Gasteiger partial charge < -0.3 is 9.72 Å². The molecular weight excluding hydrogens is 396 g/mol. The van der Waals surface area contributed by atoms with Crippen LogP contribution in [0.5, 0.6) is 0 Å². The summed E-state index contributed by atoms with van der Waals surface area (Å²) in [6, 6.07) is 17.7. The number of allylic oxidation sites excluding steroid dienone is 3. The van der Waals surface area contributed by atoms with Crippen LogP contribution in [0.3, 0.4) is 0 Å². The van der Waals surface area contributed by atoms with E-state index in [1.165, 1.54) is 16.5 Å². The second-order valence-electron chi connectivity index (χ2n) is 8.30. The summed E-state index contributed by atoms with van der Waals surface area (Å²) in [4.78, 5) is 20.5. The number of benzene rings is 2. The maximum Gasteiger partial charge on any atom is 0.338 e. The van der Waals surface area contributed by atoms with Crippen LogP contribution in [0, 0.1) is 0 Å². The van der Waals surface area contributed by atoms with E-state index in [0.717, 1.165) is 40.5 Å². The van der Waals surface area contributed by atoms with Crippen LogP contribution in [0.15, 0.2) is 84.1 Å². The Morgan fingerprint density at radius 1 is 0.969 bits per heavy atom. The average Bonchev–Trinajstić information content (AvgIpc) is 3.18. The number of aromatic nitrogens is 2. The third kappa shape index (κ3) is 4.80. The summed E-state index contributed by atoms with van der Waals surface area (Å²) in [5, 5.41) is 2.32. The molecule has 0 amide bonds. The van der Waals surface area contributed by atoms with Crippen molar-refractivity contribution in [3.63, 3.8) is 0 Å². The van der Waals surface area contributed by atoms with Crippen molar-refractivity contribution in [1.29, 1.82) is 0 Å². The lowest BCUT2D eigenvalue weighted by molar-refractivity contribution is 0.0549. The van der Waals surface area contributed by atoms with Crippen LogP contribution in [0.4, 0.5) is 0 Å². The van der Waals surface area contributed by atoms with E-state index in [1.807, 2.05) is 42.6 Å². The van der Waals surface area contributed by atoms with Crippen molar-refractivity contribution in [2.24, 2.45) is 0 Å². The number of nitrogens with one attached hydrogen (secondary N) is 1. The Kier molecular flexibility index (Phi) is 6.50. The molecule has 32 heavy (non-hydrogen) atoms. The maximum absolute atomic E-state index is 12.4. The van der Waals surface area contributed by atoms with Gasteiger partial charge in [0.25, 0.3) is 0 Å². The molecule has 2 aromatic carbocycles. The summed E-state index contributed by atoms with van der Waals surface area (Å²) in [5.74, 6) is -0.318. The third-order valence-electron chi connectivity index (χ3n) is 5.56. The lowest BCUT2D eigenvalue weighted by Gasteiger charge is -2.06. The lowest BCUT2D eigenvalue weighted by Crippen LogP contribution is -2.05. The molecule has 0 saturated carbocycles. The number of aromatic amines is 1. The number of ether oxygens (including phenoxy) is 1. The molecule has 0 aliphatic carbocycles. The van der Waals surface area contributed by atoms with Crippen LogP contribution >= 0.6 is 0 Å². The van der Waals surface area contributed by atoms with E-state index in [9.17, 15) is 4.79 Å². The van der Waals surface area contributed by atoms with Crippen molar-refractivity contribution in [2.75, 3.05) is 6.61 Å². The number of carbonyl (C=O) groups is 1. The van der Waals surface area contributed by atoms with Crippen LogP contribution < -0.4 is 0 Å². The van der Waals surface area contributed by atoms with Gasteiger partial charge in [-0.3, -0.25) is 4.98 Å². The minimum atomic E-state index is -0.318. The molecule has 4 aromatic rings. The first-order valence-electron chi connectivity index (χ1n) is 10.9. The van der Waals surface area contributed by atoms with E-state index < -0.39 is 0 Å². The largest absolute Gasteiger partial charge is 0.458 e. The summed E-state index contributed by atoms with van der Waals surface area (Å²) < 4.78 is 5.43. The topological polar surface area (TPSA) is 55.0 Å². The highest BCUT2D eigenvalue weighted by Crippen LogP contribution is 2.31. The highest BCUT2D eigenvalue weighted by atomic mass is 16.5. The van der Waals surface area contributed by atoms with E-state index in [0.29, 0.717) is 5.56 Å². The monoisotopic (exact) mass is 424 g/mol. The van der Waals surface area contributed by atoms with Crippen LogP contribution in [0.25, 0.3) is 33.1 Å². The molecule has 0 unspecified atom stereocenters. The first-order chi connectivity index (χ1) is 15.5. The summed E-state index contributed by atoms with van der Waals surface area (Å²) >= 11 is 0. The van der Waals surface area contributed by atoms with E-state index in [4.69, 9.17) is 4.74 Å². The fraction of sp³-hybridized carbons (Fsp3) is 0.214. The highest BCUT2D eigenvalue weighted by molar-refractivity contribution is 6.10. The van der Waals surface area contributed by atoms with Crippen LogP contribution in [-0.2, 0) is 4.74 Å². The van der Waals surface area contributed by atoms with Gasteiger partial charge in [0.05, 0.1) is 16.8 Å². The molecule has 0 aliphatic heterocycles. The Hall–Kier alpha value is -3.66. The first-order valence-corrected chi connectivity index (χ1v) is 10.9. The number of carbonyl (C=O) groups excluding carboxylic acids is 1. The second kappa shape index (κ2) is 9.65. The molecule has 4 heteroatoms. The number of H-pyrrole nitrogens is 1. The molecule has 0 fully saturated rings. The molecule has 0 spiro atoms. The van der Waals surface area contributed by atoms with Crippen LogP contribution in [-0.4, -0.2) is 22.5 Å². The van der Waals surface area contributed by atoms with Gasteiger partial charge in [-0.15, -0.1) is 0 Å². The van der Waals surface area contributed by atoms with Gasteiger partial charge in [0.2, 0.25) is 0 Å². The van der Waals surface area contributed by atoms with Gasteiger partial charge in [0.15, 0.2) is 0 Å². The van der Waals surface area contributed by atoms with E-state index in [-0.39, 0.29) is 12.6 Å². The minimum Gasteiger partial charge on any atom is -0.458 e. The third-order valence-corrected chi connectivity index (χ3v) is 5.56. The van der Waals surface area contributed by atoms with Crippen molar-refractivity contribution in [3.05, 3.63) is 89.7 Å². The van der Waals surface area contributed by atoms with Crippen molar-refractivity contribution < 1.29 is 9.53 Å². The molecule has 0 aliphatic rings. The molecule has 4 nitrogen and oxygen atoms in total. The van der Waals surface area contributed by atoms with Crippen molar-refractivity contribution in [2.45, 2.75) is 33.6 Å². The maximum atomic E-state index is 12.4. The average molecular weight is 425 g/mol. The normalized spacial score (nSPS) is 11.7. The van der Waals surface area contributed by atoms with Gasteiger partial charge in [-0.2, -0.15) is 0 Å². The summed E-state index contributed by atoms with van der Waals surface area (Å²) in [6.45, 7) is 6.56. The molecule has 2 aromatic heterocycles. The highest BCUT2D eigenvalue weighted by Gasteiger charge is 2.12. The first kappa shape index (κ1) is 21.6. The predicted molar refractivity (Wildman–Crippen MR) is 132 cm³/mol.